The molecule has 0 N–H and O–H groups in total. The first kappa shape index (κ1) is 34.1. The third-order valence-corrected chi connectivity index (χ3v) is 4.94. The molecule has 6 nitrogen and oxygen atoms in total. The monoisotopic (exact) mass is 530 g/mol. The molecule has 208 valence electrons. The second kappa shape index (κ2) is 21.2. The predicted molar refractivity (Wildman–Crippen MR) is 145 cm³/mol. The van der Waals surface area contributed by atoms with Crippen LogP contribution in [0.3, 0.4) is 0 Å². The van der Waals surface area contributed by atoms with E-state index in [-0.39, 0.29) is 36.7 Å². The lowest BCUT2D eigenvalue weighted by atomic mass is 10.0. The molecule has 38 heavy (non-hydrogen) atoms. The van der Waals surface area contributed by atoms with Crippen LogP contribution < -0.4 is 9.47 Å². The van der Waals surface area contributed by atoms with Crippen molar-refractivity contribution in [2.45, 2.75) is 26.7 Å². The smallest absolute Gasteiger partial charge is 0.308 e. The summed E-state index contributed by atoms with van der Waals surface area (Å²) < 4.78 is 41.7. The molecule has 0 amide bonds. The molecular weight excluding hydrogens is 492 g/mol. The first-order chi connectivity index (χ1) is 18.3. The number of methoxy groups -OCH3 is 2. The molecule has 0 aliphatic heterocycles. The Hall–Kier alpha value is -3.94. The second-order valence-corrected chi connectivity index (χ2v) is 7.97. The normalized spacial score (nSPS) is 11.4. The van der Waals surface area contributed by atoms with Crippen molar-refractivity contribution in [1.82, 2.24) is 0 Å². The molecular formula is C30H38F2O6. The van der Waals surface area contributed by atoms with E-state index < -0.39 is 0 Å². The molecule has 0 saturated heterocycles. The fourth-order valence-corrected chi connectivity index (χ4v) is 3.06. The van der Waals surface area contributed by atoms with E-state index in [0.717, 1.165) is 16.9 Å². The standard InChI is InChI=1S/C14H17FO3.C14H18O3.C2H3F/c1-11(14(16)17-2)10-12-4-6-13(7-5-12)18-9-3-8-15;1-4-9-17-13-7-5-12(6-8-13)10-11(2)14(15)16-3;1-2-3/h3-8,11H,9-10H2,1-2H3;4-8,11H,1,9-10H2,2-3H3;2H,1H2/b8-3+;;/i15-1;;3-1. The lowest BCUT2D eigenvalue weighted by molar-refractivity contribution is -0.145. The first-order valence-corrected chi connectivity index (χ1v) is 11.9. The van der Waals surface area contributed by atoms with E-state index in [1.165, 1.54) is 20.3 Å². The number of carbonyl (C=O) groups excluding carboxylic acids is 2. The summed E-state index contributed by atoms with van der Waals surface area (Å²) in [6.07, 6.45) is 4.98. The SMILES string of the molecule is C=CCOc1ccc(CC(C)C(=O)OC)cc1.C=C[18F].COC(=O)C(C)Cc1ccc(OC/C=C/[18F])cc1. The average Bonchev–Trinajstić information content (AvgIpc) is 2.93. The fourth-order valence-electron chi connectivity index (χ4n) is 3.06. The van der Waals surface area contributed by atoms with Gasteiger partial charge in [0.15, 0.2) is 0 Å². The zero-order valence-electron chi connectivity index (χ0n) is 22.5. The third kappa shape index (κ3) is 15.2. The zero-order valence-corrected chi connectivity index (χ0v) is 22.5. The summed E-state index contributed by atoms with van der Waals surface area (Å²) in [5.41, 5.74) is 2.12. The van der Waals surface area contributed by atoms with Crippen LogP contribution in [0.2, 0.25) is 0 Å². The van der Waals surface area contributed by atoms with Gasteiger partial charge < -0.3 is 18.9 Å². The van der Waals surface area contributed by atoms with Crippen molar-refractivity contribution >= 4 is 11.9 Å². The van der Waals surface area contributed by atoms with Crippen molar-refractivity contribution in [2.75, 3.05) is 27.4 Å². The molecule has 0 aromatic heterocycles. The summed E-state index contributed by atoms with van der Waals surface area (Å²) in [6, 6.07) is 15.1. The van der Waals surface area contributed by atoms with Crippen molar-refractivity contribution in [3.63, 3.8) is 0 Å². The number of halogens is 2. The van der Waals surface area contributed by atoms with E-state index in [4.69, 9.17) is 9.47 Å². The van der Waals surface area contributed by atoms with Gasteiger partial charge >= 0.3 is 11.9 Å². The molecule has 0 aliphatic carbocycles. The highest BCUT2D eigenvalue weighted by molar-refractivity contribution is 5.72. The van der Waals surface area contributed by atoms with Gasteiger partial charge in [0.25, 0.3) is 0 Å². The maximum Gasteiger partial charge on any atom is 0.308 e. The molecule has 0 fully saturated rings. The number of benzene rings is 2. The number of hydrogen-bond donors (Lipinski definition) is 0. The van der Waals surface area contributed by atoms with Gasteiger partial charge in [-0.2, -0.15) is 0 Å². The second-order valence-electron chi connectivity index (χ2n) is 7.97. The minimum absolute atomic E-state index is 0.125. The van der Waals surface area contributed by atoms with E-state index in [0.29, 0.717) is 31.5 Å². The number of hydrogen-bond acceptors (Lipinski definition) is 6. The van der Waals surface area contributed by atoms with E-state index >= 15 is 0 Å². The molecule has 2 aromatic rings. The van der Waals surface area contributed by atoms with Crippen molar-refractivity contribution in [3.8, 4) is 11.5 Å². The minimum atomic E-state index is -0.219. The lowest BCUT2D eigenvalue weighted by Gasteiger charge is -2.09. The Labute approximate surface area is 224 Å². The summed E-state index contributed by atoms with van der Waals surface area (Å²) in [5, 5.41) is 0. The van der Waals surface area contributed by atoms with Crippen LogP contribution in [0.15, 0.2) is 86.5 Å². The number of esters is 2. The molecule has 0 aliphatic rings. The molecule has 2 aromatic carbocycles. The largest absolute Gasteiger partial charge is 0.490 e. The van der Waals surface area contributed by atoms with Crippen LogP contribution in [-0.4, -0.2) is 39.4 Å². The number of ether oxygens (including phenoxy) is 4. The number of carbonyl (C=O) groups is 2. The minimum Gasteiger partial charge on any atom is -0.490 e. The summed E-state index contributed by atoms with van der Waals surface area (Å²) in [5.74, 6) is 0.776. The van der Waals surface area contributed by atoms with E-state index in [9.17, 15) is 18.4 Å². The van der Waals surface area contributed by atoms with Gasteiger partial charge in [-0.25, -0.2) is 8.78 Å². The Morgan fingerprint density at radius 3 is 1.45 bits per heavy atom. The number of rotatable bonds is 12. The molecule has 2 unspecified atom stereocenters. The van der Waals surface area contributed by atoms with Crippen LogP contribution in [0.1, 0.15) is 25.0 Å². The van der Waals surface area contributed by atoms with E-state index in [1.807, 2.05) is 50.2 Å². The van der Waals surface area contributed by atoms with E-state index in [1.54, 1.807) is 18.2 Å². The van der Waals surface area contributed by atoms with E-state index in [2.05, 4.69) is 22.6 Å². The molecule has 2 atom stereocenters. The predicted octanol–water partition coefficient (Wildman–Crippen LogP) is 6.60. The van der Waals surface area contributed by atoms with Gasteiger partial charge in [0.1, 0.15) is 24.7 Å². The topological polar surface area (TPSA) is 71.1 Å². The van der Waals surface area contributed by atoms with Crippen LogP contribution in [0.25, 0.3) is 0 Å². The Kier molecular flexibility index (Phi) is 19.0. The van der Waals surface area contributed by atoms with Gasteiger partial charge in [-0.1, -0.05) is 57.3 Å². The molecule has 0 radical (unpaired) electrons. The average molecular weight is 531 g/mol. The Balaban J connectivity index is 0.000000654. The zero-order chi connectivity index (χ0) is 28.8. The highest BCUT2D eigenvalue weighted by atomic mass is 18.2. The van der Waals surface area contributed by atoms with Gasteiger partial charge in [-0.15, -0.1) is 0 Å². The maximum absolute atomic E-state index is 11.7. The summed E-state index contributed by atoms with van der Waals surface area (Å²) in [6.45, 7) is 10.7. The van der Waals surface area contributed by atoms with Crippen molar-refractivity contribution < 1.29 is 37.3 Å². The van der Waals surface area contributed by atoms with Gasteiger partial charge in [0.2, 0.25) is 0 Å². The third-order valence-electron chi connectivity index (χ3n) is 4.94. The maximum atomic E-state index is 11.7. The van der Waals surface area contributed by atoms with Crippen LogP contribution in [0, 0.1) is 11.8 Å². The molecule has 0 spiro atoms. The molecule has 0 bridgehead atoms. The molecule has 8 heteroatoms. The summed E-state index contributed by atoms with van der Waals surface area (Å²) >= 11 is 0. The molecule has 2 rings (SSSR count). The van der Waals surface area contributed by atoms with Gasteiger partial charge in [0, 0.05) is 0 Å². The Morgan fingerprint density at radius 2 is 1.13 bits per heavy atom. The van der Waals surface area contributed by atoms with Crippen LogP contribution in [-0.2, 0) is 31.9 Å². The van der Waals surface area contributed by atoms with Crippen molar-refractivity contribution in [2.24, 2.45) is 11.8 Å². The summed E-state index contributed by atoms with van der Waals surface area (Å²) in [7, 11) is 2.79. The first-order valence-electron chi connectivity index (χ1n) is 11.9. The van der Waals surface area contributed by atoms with Crippen molar-refractivity contribution in [3.05, 3.63) is 97.6 Å². The van der Waals surface area contributed by atoms with Crippen LogP contribution in [0.5, 0.6) is 11.5 Å². The van der Waals surface area contributed by atoms with Crippen molar-refractivity contribution in [1.29, 1.82) is 0 Å². The Bertz CT molecular complexity index is 971. The van der Waals surface area contributed by atoms with Gasteiger partial charge in [-0.05, 0) is 54.3 Å². The highest BCUT2D eigenvalue weighted by Gasteiger charge is 2.14. The quantitative estimate of drug-likeness (QED) is 0.227. The molecule has 0 saturated carbocycles. The lowest BCUT2D eigenvalue weighted by Crippen LogP contribution is -2.15. The Morgan fingerprint density at radius 1 is 0.763 bits per heavy atom. The molecule has 0 heterocycles. The highest BCUT2D eigenvalue weighted by Crippen LogP contribution is 2.17. The summed E-state index contributed by atoms with van der Waals surface area (Å²) in [4.78, 5) is 22.5. The fraction of sp³-hybridized carbons (Fsp3) is 0.333. The van der Waals surface area contributed by atoms with Gasteiger partial charge in [-0.3, -0.25) is 9.59 Å². The van der Waals surface area contributed by atoms with Gasteiger partial charge in [0.05, 0.1) is 38.7 Å². The van der Waals surface area contributed by atoms with Crippen LogP contribution in [0.4, 0.5) is 8.78 Å². The van der Waals surface area contributed by atoms with Crippen LogP contribution >= 0.6 is 0 Å².